The first-order valence-electron chi connectivity index (χ1n) is 4.63. The second-order valence-electron chi connectivity index (χ2n) is 3.31. The lowest BCUT2D eigenvalue weighted by atomic mass is 10.1. The lowest BCUT2D eigenvalue weighted by Gasteiger charge is -2.23. The Hall–Kier alpha value is -0.970. The lowest BCUT2D eigenvalue weighted by Crippen LogP contribution is -2.19. The first kappa shape index (κ1) is 9.58. The Morgan fingerprint density at radius 1 is 1.57 bits per heavy atom. The normalized spacial score (nSPS) is 18.3. The molecular weight excluding hydrogens is 200 g/mol. The van der Waals surface area contributed by atoms with Crippen molar-refractivity contribution in [2.24, 2.45) is 0 Å². The van der Waals surface area contributed by atoms with Gasteiger partial charge >= 0.3 is 5.97 Å². The summed E-state index contributed by atoms with van der Waals surface area (Å²) in [6, 6.07) is 0.324. The summed E-state index contributed by atoms with van der Waals surface area (Å²) in [6.07, 6.45) is 5.41. The Kier molecular flexibility index (Phi) is 2.77. The quantitative estimate of drug-likeness (QED) is 0.809. The molecule has 0 spiro atoms. The van der Waals surface area contributed by atoms with Gasteiger partial charge in [0, 0.05) is 18.4 Å². The highest BCUT2D eigenvalue weighted by molar-refractivity contribution is 7.99. The van der Waals surface area contributed by atoms with Crippen LogP contribution in [-0.4, -0.2) is 32.1 Å². The van der Waals surface area contributed by atoms with E-state index in [0.29, 0.717) is 6.04 Å². The van der Waals surface area contributed by atoms with Crippen LogP contribution in [0.1, 0.15) is 29.5 Å². The van der Waals surface area contributed by atoms with Crippen molar-refractivity contribution in [3.05, 3.63) is 18.2 Å². The van der Waals surface area contributed by atoms with Crippen molar-refractivity contribution in [1.29, 1.82) is 0 Å². The van der Waals surface area contributed by atoms with Gasteiger partial charge in [0.25, 0.3) is 0 Å². The predicted molar refractivity (Wildman–Crippen MR) is 54.8 cm³/mol. The van der Waals surface area contributed by atoms with Gasteiger partial charge in [-0.05, 0) is 24.3 Å². The summed E-state index contributed by atoms with van der Waals surface area (Å²) in [5.41, 5.74) is 0. The van der Waals surface area contributed by atoms with E-state index in [9.17, 15) is 4.79 Å². The molecule has 1 saturated heterocycles. The van der Waals surface area contributed by atoms with Crippen molar-refractivity contribution in [3.63, 3.8) is 0 Å². The molecule has 2 rings (SSSR count). The molecule has 0 saturated carbocycles. The summed E-state index contributed by atoms with van der Waals surface area (Å²) in [7, 11) is 0. The van der Waals surface area contributed by atoms with Crippen molar-refractivity contribution >= 4 is 17.7 Å². The Bertz CT molecular complexity index is 331. The van der Waals surface area contributed by atoms with Crippen molar-refractivity contribution in [2.45, 2.75) is 18.9 Å². The number of thioether (sulfide) groups is 1. The number of aromatic carboxylic acids is 1. The third kappa shape index (κ3) is 1.77. The van der Waals surface area contributed by atoms with Gasteiger partial charge in [-0.2, -0.15) is 11.8 Å². The average Bonchev–Trinajstić information content (AvgIpc) is 2.67. The fraction of sp³-hybridized carbons (Fsp3) is 0.556. The molecule has 0 atom stereocenters. The molecule has 1 aromatic rings. The summed E-state index contributed by atoms with van der Waals surface area (Å²) >= 11 is 1.93. The molecule has 0 aromatic carbocycles. The molecule has 1 N–H and O–H groups in total. The minimum Gasteiger partial charge on any atom is -0.475 e. The molecule has 76 valence electrons. The molecule has 0 bridgehead atoms. The molecule has 1 aliphatic heterocycles. The highest BCUT2D eigenvalue weighted by Crippen LogP contribution is 2.27. The van der Waals surface area contributed by atoms with Gasteiger partial charge in [0.15, 0.2) is 0 Å². The van der Waals surface area contributed by atoms with E-state index in [-0.39, 0.29) is 5.82 Å². The third-order valence-corrected chi connectivity index (χ3v) is 3.49. The Morgan fingerprint density at radius 3 is 2.93 bits per heavy atom. The lowest BCUT2D eigenvalue weighted by molar-refractivity contribution is 0.0675. The number of aromatic nitrogens is 2. The van der Waals surface area contributed by atoms with E-state index in [1.807, 2.05) is 11.8 Å². The number of hydrogen-bond donors (Lipinski definition) is 1. The number of imidazole rings is 1. The molecule has 14 heavy (non-hydrogen) atoms. The van der Waals surface area contributed by atoms with Gasteiger partial charge in [-0.1, -0.05) is 0 Å². The van der Waals surface area contributed by atoms with Gasteiger partial charge in [-0.25, -0.2) is 9.78 Å². The van der Waals surface area contributed by atoms with Crippen molar-refractivity contribution < 1.29 is 9.90 Å². The van der Waals surface area contributed by atoms with Crippen LogP contribution in [-0.2, 0) is 0 Å². The monoisotopic (exact) mass is 212 g/mol. The van der Waals surface area contributed by atoms with Crippen LogP contribution in [0, 0.1) is 0 Å². The van der Waals surface area contributed by atoms with Crippen molar-refractivity contribution in [1.82, 2.24) is 9.55 Å². The Labute approximate surface area is 86.3 Å². The Morgan fingerprint density at radius 2 is 2.29 bits per heavy atom. The number of hydrogen-bond acceptors (Lipinski definition) is 3. The number of carbonyl (C=O) groups is 1. The van der Waals surface area contributed by atoms with E-state index in [4.69, 9.17) is 5.11 Å². The molecule has 0 unspecified atom stereocenters. The summed E-state index contributed by atoms with van der Waals surface area (Å²) in [6.45, 7) is 0. The molecule has 0 amide bonds. The molecule has 0 aliphatic carbocycles. The fourth-order valence-electron chi connectivity index (χ4n) is 1.74. The first-order valence-corrected chi connectivity index (χ1v) is 5.78. The van der Waals surface area contributed by atoms with Crippen LogP contribution in [0.15, 0.2) is 12.4 Å². The van der Waals surface area contributed by atoms with Crippen LogP contribution in [0.4, 0.5) is 0 Å². The molecule has 2 heterocycles. The van der Waals surface area contributed by atoms with Crippen LogP contribution in [0.2, 0.25) is 0 Å². The van der Waals surface area contributed by atoms with Crippen LogP contribution >= 0.6 is 11.8 Å². The minimum atomic E-state index is -0.937. The summed E-state index contributed by atoms with van der Waals surface area (Å²) in [4.78, 5) is 14.7. The minimum absolute atomic E-state index is 0.168. The molecule has 0 radical (unpaired) electrons. The van der Waals surface area contributed by atoms with Crippen LogP contribution in [0.5, 0.6) is 0 Å². The van der Waals surface area contributed by atoms with Crippen molar-refractivity contribution in [3.8, 4) is 0 Å². The number of rotatable bonds is 2. The topological polar surface area (TPSA) is 55.1 Å². The second kappa shape index (κ2) is 4.04. The average molecular weight is 212 g/mol. The zero-order valence-corrected chi connectivity index (χ0v) is 8.54. The molecule has 1 aromatic heterocycles. The van der Waals surface area contributed by atoms with Gasteiger partial charge in [0.05, 0.1) is 0 Å². The van der Waals surface area contributed by atoms with E-state index in [2.05, 4.69) is 4.98 Å². The maximum Gasteiger partial charge on any atom is 0.372 e. The first-order chi connectivity index (χ1) is 6.79. The van der Waals surface area contributed by atoms with Gasteiger partial charge in [-0.3, -0.25) is 0 Å². The largest absolute Gasteiger partial charge is 0.475 e. The van der Waals surface area contributed by atoms with Gasteiger partial charge in [0.2, 0.25) is 5.82 Å². The number of nitrogens with zero attached hydrogens (tertiary/aromatic N) is 2. The summed E-state index contributed by atoms with van der Waals surface area (Å²) < 4.78 is 1.79. The summed E-state index contributed by atoms with van der Waals surface area (Å²) in [5.74, 6) is 1.46. The van der Waals surface area contributed by atoms with Crippen LogP contribution < -0.4 is 0 Å². The molecule has 4 nitrogen and oxygen atoms in total. The molecule has 5 heteroatoms. The van der Waals surface area contributed by atoms with Crippen LogP contribution in [0.3, 0.4) is 0 Å². The van der Waals surface area contributed by atoms with Gasteiger partial charge < -0.3 is 9.67 Å². The highest BCUT2D eigenvalue weighted by atomic mass is 32.2. The molecule has 1 fully saturated rings. The number of carboxylic acids is 1. The van der Waals surface area contributed by atoms with Gasteiger partial charge in [-0.15, -0.1) is 0 Å². The van der Waals surface area contributed by atoms with E-state index in [1.165, 1.54) is 0 Å². The fourth-order valence-corrected chi connectivity index (χ4v) is 2.82. The van der Waals surface area contributed by atoms with E-state index in [1.54, 1.807) is 17.0 Å². The summed E-state index contributed by atoms with van der Waals surface area (Å²) in [5, 5.41) is 8.90. The smallest absolute Gasteiger partial charge is 0.372 e. The zero-order chi connectivity index (χ0) is 9.97. The van der Waals surface area contributed by atoms with Gasteiger partial charge in [0.1, 0.15) is 0 Å². The van der Waals surface area contributed by atoms with Crippen molar-refractivity contribution in [2.75, 3.05) is 11.5 Å². The highest BCUT2D eigenvalue weighted by Gasteiger charge is 2.20. The van der Waals surface area contributed by atoms with E-state index < -0.39 is 5.97 Å². The Balaban J connectivity index is 2.21. The maximum absolute atomic E-state index is 10.8. The standard InChI is InChI=1S/C9H12N2O2S/c12-9(13)8-10-3-4-11(8)7-1-5-14-6-2-7/h3-4,7H,1-2,5-6H2,(H,12,13). The number of carboxylic acid groups (broad SMARTS) is 1. The molecule has 1 aliphatic rings. The van der Waals surface area contributed by atoms with E-state index in [0.717, 1.165) is 24.3 Å². The zero-order valence-electron chi connectivity index (χ0n) is 7.72. The SMILES string of the molecule is O=C(O)c1nccn1C1CCSCC1. The molecular formula is C9H12N2O2S. The predicted octanol–water partition coefficient (Wildman–Crippen LogP) is 1.65. The van der Waals surface area contributed by atoms with Crippen LogP contribution in [0.25, 0.3) is 0 Å². The van der Waals surface area contributed by atoms with E-state index >= 15 is 0 Å². The third-order valence-electron chi connectivity index (χ3n) is 2.44. The maximum atomic E-state index is 10.8. The second-order valence-corrected chi connectivity index (χ2v) is 4.53.